The zero-order valence-electron chi connectivity index (χ0n) is 8.61. The first-order valence-corrected chi connectivity index (χ1v) is 5.44. The van der Waals surface area contributed by atoms with Crippen molar-refractivity contribution < 1.29 is 4.92 Å². The second-order valence-corrected chi connectivity index (χ2v) is 3.84. The van der Waals surface area contributed by atoms with Gasteiger partial charge >= 0.3 is 5.82 Å². The quantitative estimate of drug-likeness (QED) is 0.625. The van der Waals surface area contributed by atoms with E-state index in [1.807, 2.05) is 18.7 Å². The number of nitro groups is 1. The van der Waals surface area contributed by atoms with Crippen LogP contribution < -0.4 is 4.90 Å². The van der Waals surface area contributed by atoms with Gasteiger partial charge in [0.1, 0.15) is 5.69 Å². The number of hydrogen-bond donors (Lipinski definition) is 0. The van der Waals surface area contributed by atoms with Crippen LogP contribution in [0, 0.1) is 10.1 Å². The van der Waals surface area contributed by atoms with E-state index in [2.05, 4.69) is 20.9 Å². The van der Waals surface area contributed by atoms with E-state index in [0.717, 1.165) is 17.6 Å². The van der Waals surface area contributed by atoms with Crippen molar-refractivity contribution >= 4 is 27.4 Å². The van der Waals surface area contributed by atoms with Crippen LogP contribution in [-0.2, 0) is 0 Å². The summed E-state index contributed by atoms with van der Waals surface area (Å²) in [5.41, 5.74) is 0.555. The molecule has 0 aliphatic heterocycles. The van der Waals surface area contributed by atoms with Crippen LogP contribution in [0.5, 0.6) is 0 Å². The standard InChI is InChI=1S/C9H12BrN3O2/c1-3-12(4-2)8-5-7(10)6-11-9(8)13(14)15/h5-6H,3-4H2,1-2H3. The first kappa shape index (κ1) is 11.9. The number of nitrogens with zero attached hydrogens (tertiary/aromatic N) is 3. The molecular weight excluding hydrogens is 262 g/mol. The van der Waals surface area contributed by atoms with Gasteiger partial charge in [0.25, 0.3) is 0 Å². The van der Waals surface area contributed by atoms with Crippen molar-refractivity contribution in [1.29, 1.82) is 0 Å². The number of anilines is 1. The van der Waals surface area contributed by atoms with E-state index in [-0.39, 0.29) is 5.82 Å². The largest absolute Gasteiger partial charge is 0.387 e. The van der Waals surface area contributed by atoms with Crippen LogP contribution in [0.25, 0.3) is 0 Å². The van der Waals surface area contributed by atoms with Crippen LogP contribution >= 0.6 is 15.9 Å². The lowest BCUT2D eigenvalue weighted by Crippen LogP contribution is -2.23. The Morgan fingerprint density at radius 3 is 2.60 bits per heavy atom. The number of hydrogen-bond acceptors (Lipinski definition) is 4. The Morgan fingerprint density at radius 1 is 1.53 bits per heavy atom. The highest BCUT2D eigenvalue weighted by Gasteiger charge is 2.19. The van der Waals surface area contributed by atoms with Crippen molar-refractivity contribution in [2.45, 2.75) is 13.8 Å². The van der Waals surface area contributed by atoms with Crippen LogP contribution in [-0.4, -0.2) is 23.0 Å². The summed E-state index contributed by atoms with van der Waals surface area (Å²) in [5, 5.41) is 10.8. The highest BCUT2D eigenvalue weighted by atomic mass is 79.9. The summed E-state index contributed by atoms with van der Waals surface area (Å²) >= 11 is 3.26. The normalized spacial score (nSPS) is 10.1. The molecule has 5 nitrogen and oxygen atoms in total. The molecule has 1 heterocycles. The average Bonchev–Trinajstić information content (AvgIpc) is 2.19. The van der Waals surface area contributed by atoms with E-state index < -0.39 is 4.92 Å². The third-order valence-corrected chi connectivity index (χ3v) is 2.52. The fourth-order valence-electron chi connectivity index (χ4n) is 1.36. The molecule has 0 unspecified atom stereocenters. The van der Waals surface area contributed by atoms with Crippen LogP contribution in [0.1, 0.15) is 13.8 Å². The van der Waals surface area contributed by atoms with Crippen molar-refractivity contribution in [3.8, 4) is 0 Å². The minimum atomic E-state index is -0.458. The van der Waals surface area contributed by atoms with Gasteiger partial charge in [0.15, 0.2) is 6.20 Å². The second kappa shape index (κ2) is 5.06. The Bertz CT molecular complexity index is 366. The molecule has 0 aliphatic rings. The van der Waals surface area contributed by atoms with E-state index in [1.165, 1.54) is 6.20 Å². The minimum Gasteiger partial charge on any atom is -0.365 e. The molecule has 0 aliphatic carbocycles. The van der Waals surface area contributed by atoms with Crippen LogP contribution in [0.4, 0.5) is 11.5 Å². The number of rotatable bonds is 4. The fraction of sp³-hybridized carbons (Fsp3) is 0.444. The van der Waals surface area contributed by atoms with Gasteiger partial charge in [-0.15, -0.1) is 0 Å². The Balaban J connectivity index is 3.22. The Hall–Kier alpha value is -1.17. The number of aromatic nitrogens is 1. The molecule has 82 valence electrons. The SMILES string of the molecule is CCN(CC)c1cc(Br)cnc1[N+](=O)[O-]. The van der Waals surface area contributed by atoms with E-state index in [1.54, 1.807) is 6.07 Å². The smallest absolute Gasteiger partial charge is 0.365 e. The first-order chi connectivity index (χ1) is 7.10. The summed E-state index contributed by atoms with van der Waals surface area (Å²) in [6, 6.07) is 1.72. The lowest BCUT2D eigenvalue weighted by Gasteiger charge is -2.19. The highest BCUT2D eigenvalue weighted by molar-refractivity contribution is 9.10. The Labute approximate surface area is 96.4 Å². The Morgan fingerprint density at radius 2 is 2.13 bits per heavy atom. The van der Waals surface area contributed by atoms with Crippen molar-refractivity contribution in [2.75, 3.05) is 18.0 Å². The lowest BCUT2D eigenvalue weighted by atomic mass is 10.3. The first-order valence-electron chi connectivity index (χ1n) is 4.65. The zero-order chi connectivity index (χ0) is 11.4. The van der Waals surface area contributed by atoms with Crippen molar-refractivity contribution in [1.82, 2.24) is 4.98 Å². The molecule has 15 heavy (non-hydrogen) atoms. The predicted octanol–water partition coefficient (Wildman–Crippen LogP) is 2.60. The molecule has 0 amide bonds. The van der Waals surface area contributed by atoms with Crippen LogP contribution in [0.3, 0.4) is 0 Å². The molecule has 1 rings (SSSR count). The van der Waals surface area contributed by atoms with E-state index in [0.29, 0.717) is 5.69 Å². The predicted molar refractivity (Wildman–Crippen MR) is 62.2 cm³/mol. The van der Waals surface area contributed by atoms with Crippen molar-refractivity contribution in [2.24, 2.45) is 0 Å². The molecule has 0 radical (unpaired) electrons. The van der Waals surface area contributed by atoms with Gasteiger partial charge in [0, 0.05) is 13.1 Å². The molecule has 0 bridgehead atoms. The van der Waals surface area contributed by atoms with Gasteiger partial charge in [-0.1, -0.05) is 0 Å². The van der Waals surface area contributed by atoms with E-state index >= 15 is 0 Å². The van der Waals surface area contributed by atoms with Gasteiger partial charge in [0.05, 0.1) is 4.47 Å². The number of halogens is 1. The summed E-state index contributed by atoms with van der Waals surface area (Å²) in [4.78, 5) is 16.0. The second-order valence-electron chi connectivity index (χ2n) is 2.93. The molecule has 0 spiro atoms. The summed E-state index contributed by atoms with van der Waals surface area (Å²) < 4.78 is 0.745. The van der Waals surface area contributed by atoms with Gasteiger partial charge in [-0.3, -0.25) is 0 Å². The van der Waals surface area contributed by atoms with Gasteiger partial charge in [-0.25, -0.2) is 0 Å². The topological polar surface area (TPSA) is 59.3 Å². The maximum Gasteiger partial charge on any atom is 0.387 e. The summed E-state index contributed by atoms with van der Waals surface area (Å²) in [6.07, 6.45) is 1.44. The molecule has 6 heteroatoms. The summed E-state index contributed by atoms with van der Waals surface area (Å²) in [7, 11) is 0. The monoisotopic (exact) mass is 273 g/mol. The molecule has 0 saturated carbocycles. The number of pyridine rings is 1. The van der Waals surface area contributed by atoms with Gasteiger partial charge in [-0.2, -0.15) is 0 Å². The van der Waals surface area contributed by atoms with Gasteiger partial charge in [0.2, 0.25) is 0 Å². The van der Waals surface area contributed by atoms with Crippen LogP contribution in [0.2, 0.25) is 0 Å². The molecule has 0 N–H and O–H groups in total. The van der Waals surface area contributed by atoms with E-state index in [9.17, 15) is 10.1 Å². The molecule has 0 fully saturated rings. The van der Waals surface area contributed by atoms with Crippen LogP contribution in [0.15, 0.2) is 16.7 Å². The maximum absolute atomic E-state index is 10.8. The van der Waals surface area contributed by atoms with Gasteiger partial charge in [-0.05, 0) is 45.8 Å². The van der Waals surface area contributed by atoms with E-state index in [4.69, 9.17) is 0 Å². The molecule has 0 atom stereocenters. The molecule has 1 aromatic rings. The molecule has 0 aromatic carbocycles. The molecule has 0 saturated heterocycles. The highest BCUT2D eigenvalue weighted by Crippen LogP contribution is 2.28. The third-order valence-electron chi connectivity index (χ3n) is 2.09. The fourth-order valence-corrected chi connectivity index (χ4v) is 1.68. The third kappa shape index (κ3) is 2.65. The zero-order valence-corrected chi connectivity index (χ0v) is 10.2. The minimum absolute atomic E-state index is 0.0955. The van der Waals surface area contributed by atoms with Crippen molar-refractivity contribution in [3.63, 3.8) is 0 Å². The molecular formula is C9H12BrN3O2. The average molecular weight is 274 g/mol. The van der Waals surface area contributed by atoms with Crippen molar-refractivity contribution in [3.05, 3.63) is 26.9 Å². The maximum atomic E-state index is 10.8. The summed E-state index contributed by atoms with van der Waals surface area (Å²) in [5.74, 6) is -0.0955. The Kier molecular flexibility index (Phi) is 4.02. The molecule has 1 aromatic heterocycles. The lowest BCUT2D eigenvalue weighted by molar-refractivity contribution is -0.388. The summed E-state index contributed by atoms with van der Waals surface area (Å²) in [6.45, 7) is 5.34. The van der Waals surface area contributed by atoms with Gasteiger partial charge < -0.3 is 15.0 Å².